The summed E-state index contributed by atoms with van der Waals surface area (Å²) in [4.78, 5) is 2.86. The van der Waals surface area contributed by atoms with Crippen LogP contribution >= 0.6 is 0 Å². The lowest BCUT2D eigenvalue weighted by atomic mass is 9.80. The van der Waals surface area contributed by atoms with Crippen LogP contribution in [0.1, 0.15) is 23.1 Å². The maximum Gasteiger partial charge on any atom is 0.143 e. The maximum absolute atomic E-state index is 10.0. The molecule has 1 N–H and O–H groups in total. The van der Waals surface area contributed by atoms with Crippen molar-refractivity contribution in [3.63, 3.8) is 0 Å². The molecule has 0 aromatic heterocycles. The lowest BCUT2D eigenvalue weighted by Gasteiger charge is -2.38. The number of ether oxygens (including phenoxy) is 2. The Balaban J connectivity index is 1.73. The van der Waals surface area contributed by atoms with Gasteiger partial charge in [0, 0.05) is 4.91 Å². The number of azide groups is 1. The molecule has 3 aromatic rings. The summed E-state index contributed by atoms with van der Waals surface area (Å²) < 4.78 is 12.6. The molecular weight excluding hydrogens is 390 g/mol. The van der Waals surface area contributed by atoms with Crippen molar-refractivity contribution in [2.45, 2.75) is 30.3 Å². The number of nitrogens with zero attached hydrogens (tertiary/aromatic N) is 3. The molecule has 3 aromatic carbocycles. The van der Waals surface area contributed by atoms with Gasteiger partial charge < -0.3 is 14.6 Å². The molecular formula is C25H25N3O3. The fourth-order valence-electron chi connectivity index (χ4n) is 4.13. The van der Waals surface area contributed by atoms with Gasteiger partial charge in [0.1, 0.15) is 5.60 Å². The summed E-state index contributed by atoms with van der Waals surface area (Å²) in [5, 5.41) is 13.8. The predicted octanol–water partition coefficient (Wildman–Crippen LogP) is 4.82. The summed E-state index contributed by atoms with van der Waals surface area (Å²) in [7, 11) is 0. The van der Waals surface area contributed by atoms with Crippen molar-refractivity contribution in [3.05, 3.63) is 118 Å². The van der Waals surface area contributed by atoms with Gasteiger partial charge >= 0.3 is 0 Å². The van der Waals surface area contributed by atoms with Crippen LogP contribution in [0.5, 0.6) is 0 Å². The minimum Gasteiger partial charge on any atom is -0.390 e. The largest absolute Gasteiger partial charge is 0.390 e. The van der Waals surface area contributed by atoms with Crippen LogP contribution in [0.2, 0.25) is 0 Å². The SMILES string of the molecule is [N-]=[N+]=N[C@H]1C[C@@H](COC(c2ccccc2)(c2ccccc2)c2ccccc2)OC[C@@H]1O. The second-order valence-corrected chi connectivity index (χ2v) is 7.62. The molecule has 1 aliphatic rings. The average molecular weight is 415 g/mol. The molecule has 0 saturated carbocycles. The number of aliphatic hydroxyl groups is 1. The minimum atomic E-state index is -0.836. The quantitative estimate of drug-likeness (QED) is 0.260. The lowest BCUT2D eigenvalue weighted by Crippen LogP contribution is -2.44. The second-order valence-electron chi connectivity index (χ2n) is 7.62. The van der Waals surface area contributed by atoms with Crippen molar-refractivity contribution in [1.29, 1.82) is 0 Å². The molecule has 1 fully saturated rings. The molecule has 3 atom stereocenters. The molecule has 0 unspecified atom stereocenters. The fourth-order valence-corrected chi connectivity index (χ4v) is 4.13. The van der Waals surface area contributed by atoms with Gasteiger partial charge in [0.25, 0.3) is 0 Å². The van der Waals surface area contributed by atoms with E-state index in [9.17, 15) is 5.11 Å². The van der Waals surface area contributed by atoms with Gasteiger partial charge in [-0.1, -0.05) is 96.1 Å². The number of hydrogen-bond acceptors (Lipinski definition) is 4. The van der Waals surface area contributed by atoms with E-state index in [0.29, 0.717) is 6.42 Å². The zero-order valence-corrected chi connectivity index (χ0v) is 17.1. The molecule has 6 heteroatoms. The van der Waals surface area contributed by atoms with Crippen LogP contribution in [0.15, 0.2) is 96.1 Å². The third-order valence-corrected chi connectivity index (χ3v) is 5.68. The van der Waals surface area contributed by atoms with Gasteiger partial charge in [-0.3, -0.25) is 0 Å². The van der Waals surface area contributed by atoms with Crippen molar-refractivity contribution in [2.75, 3.05) is 13.2 Å². The van der Waals surface area contributed by atoms with E-state index in [2.05, 4.69) is 46.4 Å². The number of aliphatic hydroxyl groups excluding tert-OH is 1. The molecule has 158 valence electrons. The van der Waals surface area contributed by atoms with Gasteiger partial charge in [-0.25, -0.2) is 0 Å². The normalized spacial score (nSPS) is 21.3. The Hall–Kier alpha value is -3.15. The van der Waals surface area contributed by atoms with Gasteiger partial charge in [-0.15, -0.1) is 0 Å². The van der Waals surface area contributed by atoms with Crippen LogP contribution in [-0.2, 0) is 15.1 Å². The van der Waals surface area contributed by atoms with Crippen molar-refractivity contribution in [3.8, 4) is 0 Å². The zero-order valence-electron chi connectivity index (χ0n) is 17.1. The van der Waals surface area contributed by atoms with E-state index >= 15 is 0 Å². The van der Waals surface area contributed by atoms with E-state index in [-0.39, 0.29) is 19.3 Å². The summed E-state index contributed by atoms with van der Waals surface area (Å²) in [5.74, 6) is 0. The van der Waals surface area contributed by atoms with Crippen LogP contribution in [-0.4, -0.2) is 36.6 Å². The zero-order chi connectivity index (χ0) is 21.5. The summed E-state index contributed by atoms with van der Waals surface area (Å²) in [5.41, 5.74) is 11.0. The van der Waals surface area contributed by atoms with Gasteiger partial charge in [0.2, 0.25) is 0 Å². The Bertz CT molecular complexity index is 911. The molecule has 1 saturated heterocycles. The van der Waals surface area contributed by atoms with E-state index in [4.69, 9.17) is 15.0 Å². The average Bonchev–Trinajstić information content (AvgIpc) is 2.84. The molecule has 0 aliphatic carbocycles. The van der Waals surface area contributed by atoms with Crippen molar-refractivity contribution in [1.82, 2.24) is 0 Å². The number of benzene rings is 3. The highest BCUT2D eigenvalue weighted by Gasteiger charge is 2.39. The van der Waals surface area contributed by atoms with Crippen LogP contribution in [0.4, 0.5) is 0 Å². The predicted molar refractivity (Wildman–Crippen MR) is 118 cm³/mol. The molecule has 0 spiro atoms. The van der Waals surface area contributed by atoms with Crippen LogP contribution in [0, 0.1) is 0 Å². The number of rotatable bonds is 7. The van der Waals surface area contributed by atoms with E-state index in [1.165, 1.54) is 0 Å². The highest BCUT2D eigenvalue weighted by molar-refractivity contribution is 5.47. The van der Waals surface area contributed by atoms with Crippen LogP contribution in [0.25, 0.3) is 10.4 Å². The Kier molecular flexibility index (Phi) is 6.65. The molecule has 1 aliphatic heterocycles. The molecule has 0 amide bonds. The first-order valence-corrected chi connectivity index (χ1v) is 10.4. The summed E-state index contributed by atoms with van der Waals surface area (Å²) in [6.07, 6.45) is -0.691. The molecule has 1 heterocycles. The first-order valence-electron chi connectivity index (χ1n) is 10.4. The lowest BCUT2D eigenvalue weighted by molar-refractivity contribution is -0.115. The monoisotopic (exact) mass is 415 g/mol. The minimum absolute atomic E-state index is 0.118. The van der Waals surface area contributed by atoms with Crippen molar-refractivity contribution >= 4 is 0 Å². The van der Waals surface area contributed by atoms with Gasteiger partial charge in [0.15, 0.2) is 0 Å². The van der Waals surface area contributed by atoms with Gasteiger partial charge in [-0.2, -0.15) is 0 Å². The standard InChI is InChI=1S/C25H25N3O3/c26-28-27-23-16-22(30-18-24(23)29)17-31-25(19-10-4-1-5-11-19,20-12-6-2-7-13-20)21-14-8-3-9-15-21/h1-15,22-24,29H,16-18H2/t22-,23-,24-/m0/s1. The molecule has 0 radical (unpaired) electrons. The van der Waals surface area contributed by atoms with E-state index in [1.807, 2.05) is 54.6 Å². The maximum atomic E-state index is 10.0. The van der Waals surface area contributed by atoms with Gasteiger partial charge in [0.05, 0.1) is 31.5 Å². The molecule has 4 rings (SSSR count). The van der Waals surface area contributed by atoms with Crippen molar-refractivity contribution < 1.29 is 14.6 Å². The fraction of sp³-hybridized carbons (Fsp3) is 0.280. The molecule has 6 nitrogen and oxygen atoms in total. The Morgan fingerprint density at radius 1 is 0.903 bits per heavy atom. The van der Waals surface area contributed by atoms with E-state index in [0.717, 1.165) is 16.7 Å². The Labute approximate surface area is 181 Å². The topological polar surface area (TPSA) is 87.5 Å². The van der Waals surface area contributed by atoms with Crippen LogP contribution < -0.4 is 0 Å². The molecule has 0 bridgehead atoms. The highest BCUT2D eigenvalue weighted by atomic mass is 16.5. The van der Waals surface area contributed by atoms with Gasteiger partial charge in [-0.05, 0) is 28.6 Å². The first kappa shape index (κ1) is 21.1. The third-order valence-electron chi connectivity index (χ3n) is 5.68. The number of hydrogen-bond donors (Lipinski definition) is 1. The second kappa shape index (κ2) is 9.77. The Morgan fingerprint density at radius 3 is 1.84 bits per heavy atom. The first-order chi connectivity index (χ1) is 15.2. The summed E-state index contributed by atoms with van der Waals surface area (Å²) >= 11 is 0. The highest BCUT2D eigenvalue weighted by Crippen LogP contribution is 2.40. The van der Waals surface area contributed by atoms with E-state index < -0.39 is 17.7 Å². The summed E-state index contributed by atoms with van der Waals surface area (Å²) in [6.45, 7) is 0.398. The molecule has 31 heavy (non-hydrogen) atoms. The third kappa shape index (κ3) is 4.48. The van der Waals surface area contributed by atoms with Crippen molar-refractivity contribution in [2.24, 2.45) is 5.11 Å². The Morgan fingerprint density at radius 2 is 1.39 bits per heavy atom. The van der Waals surface area contributed by atoms with Crippen LogP contribution in [0.3, 0.4) is 0 Å². The summed E-state index contributed by atoms with van der Waals surface area (Å²) in [6, 6.07) is 29.8. The van der Waals surface area contributed by atoms with E-state index in [1.54, 1.807) is 0 Å². The smallest absolute Gasteiger partial charge is 0.143 e.